The zero-order chi connectivity index (χ0) is 4.00. The van der Waals surface area contributed by atoms with Crippen LogP contribution in [0.1, 0.15) is 16.3 Å². The lowest BCUT2D eigenvalue weighted by Crippen LogP contribution is -0.710. The Labute approximate surface area is 101 Å². The van der Waals surface area contributed by atoms with Crippen molar-refractivity contribution in [3.63, 3.8) is 0 Å². The van der Waals surface area contributed by atoms with Crippen LogP contribution < -0.4 is 0 Å². The molecule has 0 heterocycles. The fourth-order valence-electron chi connectivity index (χ4n) is 0. The van der Waals surface area contributed by atoms with E-state index in [9.17, 15) is 0 Å². The minimum Gasteiger partial charge on any atom is -0.197 e. The normalized spacial score (nSPS) is 0.889. The molecule has 0 nitrogen and oxygen atoms in total. The largest absolute Gasteiger partial charge is 0.197 e. The van der Waals surface area contributed by atoms with Gasteiger partial charge in [0.05, 0.1) is 0 Å². The molecule has 0 aromatic rings. The quantitative estimate of drug-likeness (QED) is 0.654. The minimum absolute atomic E-state index is 0. The van der Waals surface area contributed by atoms with Crippen LogP contribution in [0, 0.1) is 0 Å². The van der Waals surface area contributed by atoms with Gasteiger partial charge in [-0.15, -0.1) is 0 Å². The van der Waals surface area contributed by atoms with Gasteiger partial charge in [0.25, 0.3) is 0 Å². The Balaban J connectivity index is -0.000000000833. The molecule has 7 heteroatoms. The highest BCUT2D eigenvalue weighted by Gasteiger charge is 0.709. The van der Waals surface area contributed by atoms with Crippen molar-refractivity contribution in [3.8, 4) is 0 Å². The van der Waals surface area contributed by atoms with E-state index in [2.05, 4.69) is 44.8 Å². The van der Waals surface area contributed by atoms with Gasteiger partial charge in [0.15, 0.2) is 0 Å². The van der Waals surface area contributed by atoms with Gasteiger partial charge in [-0.1, -0.05) is 14.9 Å². The highest BCUT2D eigenvalue weighted by Crippen LogP contribution is 0.707. The maximum absolute atomic E-state index is 3.67. The molecule has 0 saturated heterocycles. The van der Waals surface area contributed by atoms with Crippen molar-refractivity contribution in [1.82, 2.24) is 0 Å². The molecule has 0 aliphatic carbocycles. The van der Waals surface area contributed by atoms with Gasteiger partial charge in [0, 0.05) is 46.2 Å². The third kappa shape index (κ3) is 168. The van der Waals surface area contributed by atoms with Crippen LogP contribution in [0.3, 0.4) is 0 Å². The average Bonchev–Trinajstić information content (AvgIpc) is 1.50. The second-order valence-corrected chi connectivity index (χ2v) is 0. The molecule has 0 atom stereocenters. The van der Waals surface area contributed by atoms with Gasteiger partial charge in [0.2, 0.25) is 0 Å². The van der Waals surface area contributed by atoms with Crippen LogP contribution in [-0.2, 0) is 44.8 Å². The summed E-state index contributed by atoms with van der Waals surface area (Å²) in [6.07, 6.45) is 0. The summed E-state index contributed by atoms with van der Waals surface area (Å²) in [5, 5.41) is 0. The lowest BCUT2D eigenvalue weighted by atomic mass is 12.0. The van der Waals surface area contributed by atoms with E-state index in [4.69, 9.17) is 0 Å². The summed E-state index contributed by atoms with van der Waals surface area (Å²) in [5.41, 5.74) is 0. The molecule has 0 rings (SSSR count). The molecule has 0 aromatic heterocycles. The maximum atomic E-state index is 3.67. The summed E-state index contributed by atoms with van der Waals surface area (Å²) in [5.74, 6) is 0. The number of rotatable bonds is 0. The monoisotopic (exact) mass is 264 g/mol. The average molecular weight is 265 g/mol. The first kappa shape index (κ1) is 69.8. The molecule has 0 aromatic carbocycles. The Hall–Kier alpha value is 1.93. The molecular formula is C2H16S7. The van der Waals surface area contributed by atoms with Crippen molar-refractivity contribution in [2.45, 2.75) is 14.9 Å². The van der Waals surface area contributed by atoms with E-state index in [1.165, 1.54) is 0 Å². The molecule has 0 N–H and O–H groups in total. The first-order chi connectivity index (χ1) is 2.00. The lowest BCUT2D eigenvalue weighted by molar-refractivity contribution is 2.50. The lowest BCUT2D eigenvalue weighted by Gasteiger charge is -0.707. The summed E-state index contributed by atoms with van der Waals surface area (Å²) < 4.78 is 0. The Morgan fingerprint density at radius 3 is 0.556 bits per heavy atom. The molecular weight excluding hydrogens is 248 g/mol. The third-order valence-electron chi connectivity index (χ3n) is 0. The molecule has 0 aliphatic rings. The van der Waals surface area contributed by atoms with Crippen LogP contribution in [-0.4, -0.2) is 0 Å². The second-order valence-electron chi connectivity index (χ2n) is 0. The Kier molecular flexibility index (Phi) is 1650. The van der Waals surface area contributed by atoms with E-state index in [0.717, 1.165) is 0 Å². The molecule has 0 fully saturated rings. The summed E-state index contributed by atoms with van der Waals surface area (Å²) >= 11 is 14.7. The van der Waals surface area contributed by atoms with Crippen molar-refractivity contribution in [2.75, 3.05) is 0 Å². The summed E-state index contributed by atoms with van der Waals surface area (Å²) in [6.45, 7) is 0. The van der Waals surface area contributed by atoms with Crippen molar-refractivity contribution >= 4 is 85.2 Å². The summed E-state index contributed by atoms with van der Waals surface area (Å²) in [7, 11) is 0. The fraction of sp³-hybridized carbons (Fsp3) is 1.00. The molecule has 0 spiro atoms. The van der Waals surface area contributed by atoms with Crippen molar-refractivity contribution in [3.05, 3.63) is 0 Å². The zero-order valence-corrected chi connectivity index (χ0v) is 9.40. The molecule has 0 bridgehead atoms. The fourth-order valence-corrected chi connectivity index (χ4v) is 0. The first-order valence-electron chi connectivity index (χ1n) is 0.333. The van der Waals surface area contributed by atoms with Crippen molar-refractivity contribution in [1.29, 1.82) is 0 Å². The highest BCUT2D eigenvalue weighted by molar-refractivity contribution is 8.07. The molecule has 0 unspecified atom stereocenters. The van der Waals surface area contributed by atoms with Crippen LogP contribution in [0.4, 0.5) is 0 Å². The van der Waals surface area contributed by atoms with Crippen molar-refractivity contribution in [2.24, 2.45) is 0 Å². The van der Waals surface area contributed by atoms with Crippen molar-refractivity contribution < 1.29 is 1.43 Å². The second kappa shape index (κ2) is 213. The molecule has 66 valence electrons. The topological polar surface area (TPSA) is 0 Å². The number of hydrogen-bond donors (Lipinski definition) is 0. The van der Waals surface area contributed by atoms with E-state index in [-0.39, 0.29) is 56.8 Å². The highest BCUT2D eigenvalue weighted by atomic mass is 32.8. The molecule has 0 saturated carbocycles. The molecule has 9 heavy (non-hydrogen) atoms. The van der Waals surface area contributed by atoms with E-state index in [1.54, 1.807) is 0 Å². The van der Waals surface area contributed by atoms with Crippen LogP contribution in [0.25, 0.3) is 0 Å². The smallest absolute Gasteiger partial charge is 0 e. The molecule has 0 amide bonds. The van der Waals surface area contributed by atoms with Gasteiger partial charge < -0.3 is 0 Å². The van der Waals surface area contributed by atoms with Crippen LogP contribution in [0.15, 0.2) is 0 Å². The van der Waals surface area contributed by atoms with Gasteiger partial charge in [-0.25, -0.2) is 0 Å². The Bertz CT molecular complexity index is 13.6. The zero-order valence-electron chi connectivity index (χ0n) is 3.13. The van der Waals surface area contributed by atoms with E-state index >= 15 is 0 Å². The van der Waals surface area contributed by atoms with Crippen LogP contribution in [0.2, 0.25) is 0 Å². The predicted octanol–water partition coefficient (Wildman–Crippen LogP) is 1.85. The Morgan fingerprint density at radius 2 is 0.556 bits per heavy atom. The summed E-state index contributed by atoms with van der Waals surface area (Å²) in [6, 6.07) is 0. The Morgan fingerprint density at radius 1 is 0.556 bits per heavy atom. The van der Waals surface area contributed by atoms with Gasteiger partial charge in [-0.3, -0.25) is 0 Å². The van der Waals surface area contributed by atoms with Gasteiger partial charge in [-0.2, -0.15) is 40.5 Å². The van der Waals surface area contributed by atoms with Gasteiger partial charge in [0.1, 0.15) is 0 Å². The van der Waals surface area contributed by atoms with E-state index in [1.807, 2.05) is 0 Å². The van der Waals surface area contributed by atoms with Gasteiger partial charge >= 0.3 is 0 Å². The third-order valence-corrected chi connectivity index (χ3v) is 0. The van der Waals surface area contributed by atoms with Crippen LogP contribution >= 0.6 is 40.5 Å². The molecule has 0 aliphatic heterocycles. The maximum Gasteiger partial charge on any atom is 0 e. The SMILES string of the molecule is C.C.S.S.S.S=S.S=S.[HH]. The van der Waals surface area contributed by atoms with Gasteiger partial charge in [-0.05, 0) is 0 Å². The standard InChI is InChI=1S/2CH4.2S2.3H2S.H2/c;;2*1-2;;;;/h2*1H4;;;3*1H2;1H. The predicted molar refractivity (Wildman–Crippen MR) is 76.2 cm³/mol. The van der Waals surface area contributed by atoms with Crippen LogP contribution in [0.5, 0.6) is 0 Å². The minimum atomic E-state index is 0. The molecule has 0 radical (unpaired) electrons. The summed E-state index contributed by atoms with van der Waals surface area (Å²) in [4.78, 5) is 0. The first-order valence-corrected chi connectivity index (χ1v) is 3.00. The van der Waals surface area contributed by atoms with E-state index < -0.39 is 0 Å². The van der Waals surface area contributed by atoms with E-state index in [0.29, 0.717) is 0 Å². The number of hydrogen-bond acceptors (Lipinski definition) is 4.